The fourth-order valence-electron chi connectivity index (χ4n) is 3.00. The van der Waals surface area contributed by atoms with Gasteiger partial charge in [0.2, 0.25) is 0 Å². The SMILES string of the molecule is CC1Cc2cc(C(N)C3CCOCC3)ccc2O1. The largest absolute Gasteiger partial charge is 0.490 e. The molecule has 0 bridgehead atoms. The quantitative estimate of drug-likeness (QED) is 0.873. The minimum absolute atomic E-state index is 0.134. The van der Waals surface area contributed by atoms with Crippen LogP contribution in [0.25, 0.3) is 0 Å². The van der Waals surface area contributed by atoms with Crippen molar-refractivity contribution in [2.75, 3.05) is 13.2 Å². The molecule has 1 fully saturated rings. The summed E-state index contributed by atoms with van der Waals surface area (Å²) in [4.78, 5) is 0. The van der Waals surface area contributed by atoms with Gasteiger partial charge in [-0.15, -0.1) is 0 Å². The van der Waals surface area contributed by atoms with Crippen LogP contribution >= 0.6 is 0 Å². The van der Waals surface area contributed by atoms with Gasteiger partial charge >= 0.3 is 0 Å². The van der Waals surface area contributed by atoms with Crippen LogP contribution in [-0.4, -0.2) is 19.3 Å². The number of rotatable bonds is 2. The summed E-state index contributed by atoms with van der Waals surface area (Å²) in [7, 11) is 0. The van der Waals surface area contributed by atoms with Crippen LogP contribution in [0.15, 0.2) is 18.2 Å². The molecule has 0 spiro atoms. The van der Waals surface area contributed by atoms with Gasteiger partial charge in [-0.05, 0) is 42.9 Å². The third kappa shape index (κ3) is 2.25. The van der Waals surface area contributed by atoms with Crippen molar-refractivity contribution < 1.29 is 9.47 Å². The molecule has 1 aromatic rings. The lowest BCUT2D eigenvalue weighted by atomic mass is 9.87. The lowest BCUT2D eigenvalue weighted by Gasteiger charge is -2.28. The average Bonchev–Trinajstić information content (AvgIpc) is 2.78. The Morgan fingerprint density at radius 1 is 1.28 bits per heavy atom. The van der Waals surface area contributed by atoms with E-state index >= 15 is 0 Å². The molecule has 3 nitrogen and oxygen atoms in total. The van der Waals surface area contributed by atoms with E-state index in [0.29, 0.717) is 12.0 Å². The molecule has 18 heavy (non-hydrogen) atoms. The van der Waals surface area contributed by atoms with Gasteiger partial charge in [0.15, 0.2) is 0 Å². The molecule has 2 N–H and O–H groups in total. The Bertz CT molecular complexity index is 427. The lowest BCUT2D eigenvalue weighted by molar-refractivity contribution is 0.0584. The van der Waals surface area contributed by atoms with E-state index in [9.17, 15) is 0 Å². The van der Waals surface area contributed by atoms with Crippen LogP contribution in [0.2, 0.25) is 0 Å². The minimum atomic E-state index is 0.134. The maximum absolute atomic E-state index is 6.40. The van der Waals surface area contributed by atoms with Crippen LogP contribution in [0.5, 0.6) is 5.75 Å². The Kier molecular flexibility index (Phi) is 3.27. The van der Waals surface area contributed by atoms with Gasteiger partial charge in [-0.3, -0.25) is 0 Å². The molecule has 2 atom stereocenters. The highest BCUT2D eigenvalue weighted by atomic mass is 16.5. The molecule has 3 rings (SSSR count). The normalized spacial score (nSPS) is 25.6. The van der Waals surface area contributed by atoms with E-state index in [4.69, 9.17) is 15.2 Å². The molecule has 1 aromatic carbocycles. The van der Waals surface area contributed by atoms with Gasteiger partial charge in [0.1, 0.15) is 11.9 Å². The Morgan fingerprint density at radius 2 is 2.06 bits per heavy atom. The molecular formula is C15H21NO2. The summed E-state index contributed by atoms with van der Waals surface area (Å²) in [6.45, 7) is 3.81. The molecule has 0 aromatic heterocycles. The summed E-state index contributed by atoms with van der Waals surface area (Å²) in [6, 6.07) is 6.57. The van der Waals surface area contributed by atoms with Gasteiger partial charge in [-0.1, -0.05) is 12.1 Å². The molecule has 2 aliphatic heterocycles. The van der Waals surface area contributed by atoms with Crippen molar-refractivity contribution >= 4 is 0 Å². The van der Waals surface area contributed by atoms with E-state index in [1.165, 1.54) is 11.1 Å². The first-order valence-electron chi connectivity index (χ1n) is 6.87. The molecule has 0 saturated carbocycles. The summed E-state index contributed by atoms with van der Waals surface area (Å²) >= 11 is 0. The monoisotopic (exact) mass is 247 g/mol. The van der Waals surface area contributed by atoms with Crippen molar-refractivity contribution in [3.05, 3.63) is 29.3 Å². The third-order valence-electron chi connectivity index (χ3n) is 4.08. The zero-order valence-electron chi connectivity index (χ0n) is 10.9. The summed E-state index contributed by atoms with van der Waals surface area (Å²) < 4.78 is 11.1. The number of hydrogen-bond donors (Lipinski definition) is 1. The fourth-order valence-corrected chi connectivity index (χ4v) is 3.00. The van der Waals surface area contributed by atoms with Crippen molar-refractivity contribution in [1.29, 1.82) is 0 Å². The Balaban J connectivity index is 1.78. The molecule has 0 amide bonds. The van der Waals surface area contributed by atoms with Crippen molar-refractivity contribution in [2.24, 2.45) is 11.7 Å². The number of fused-ring (bicyclic) bond motifs is 1. The molecule has 98 valence electrons. The summed E-state index contributed by atoms with van der Waals surface area (Å²) in [5, 5.41) is 0. The van der Waals surface area contributed by atoms with Gasteiger partial charge in [-0.25, -0.2) is 0 Å². The molecule has 0 aliphatic carbocycles. The highest BCUT2D eigenvalue weighted by Gasteiger charge is 2.25. The highest BCUT2D eigenvalue weighted by Crippen LogP contribution is 2.34. The van der Waals surface area contributed by atoms with Crippen LogP contribution in [0.1, 0.15) is 36.9 Å². The van der Waals surface area contributed by atoms with Crippen LogP contribution < -0.4 is 10.5 Å². The average molecular weight is 247 g/mol. The predicted molar refractivity (Wildman–Crippen MR) is 70.7 cm³/mol. The first-order valence-corrected chi connectivity index (χ1v) is 6.87. The molecular weight excluding hydrogens is 226 g/mol. The smallest absolute Gasteiger partial charge is 0.123 e. The van der Waals surface area contributed by atoms with Crippen LogP contribution in [0.4, 0.5) is 0 Å². The van der Waals surface area contributed by atoms with Crippen molar-refractivity contribution in [3.63, 3.8) is 0 Å². The van der Waals surface area contributed by atoms with Gasteiger partial charge in [0.25, 0.3) is 0 Å². The third-order valence-corrected chi connectivity index (χ3v) is 4.08. The number of hydrogen-bond acceptors (Lipinski definition) is 3. The van der Waals surface area contributed by atoms with E-state index in [1.54, 1.807) is 0 Å². The molecule has 0 radical (unpaired) electrons. The molecule has 2 aliphatic rings. The topological polar surface area (TPSA) is 44.5 Å². The number of ether oxygens (including phenoxy) is 2. The molecule has 1 saturated heterocycles. The van der Waals surface area contributed by atoms with E-state index in [1.807, 2.05) is 0 Å². The number of nitrogens with two attached hydrogens (primary N) is 1. The zero-order chi connectivity index (χ0) is 12.5. The Labute approximate surface area is 108 Å². The van der Waals surface area contributed by atoms with Crippen molar-refractivity contribution in [3.8, 4) is 5.75 Å². The van der Waals surface area contributed by atoms with Gasteiger partial charge in [0.05, 0.1) is 0 Å². The summed E-state index contributed by atoms with van der Waals surface area (Å²) in [5.74, 6) is 1.59. The van der Waals surface area contributed by atoms with E-state index in [-0.39, 0.29) is 6.04 Å². The Hall–Kier alpha value is -1.06. The van der Waals surface area contributed by atoms with Gasteiger partial charge in [-0.2, -0.15) is 0 Å². The van der Waals surface area contributed by atoms with Crippen LogP contribution in [0.3, 0.4) is 0 Å². The zero-order valence-corrected chi connectivity index (χ0v) is 10.9. The minimum Gasteiger partial charge on any atom is -0.490 e. The fraction of sp³-hybridized carbons (Fsp3) is 0.600. The van der Waals surface area contributed by atoms with E-state index < -0.39 is 0 Å². The second-order valence-electron chi connectivity index (χ2n) is 5.48. The lowest BCUT2D eigenvalue weighted by Crippen LogP contribution is -2.27. The molecule has 2 unspecified atom stereocenters. The molecule has 2 heterocycles. The van der Waals surface area contributed by atoms with Crippen LogP contribution in [0, 0.1) is 5.92 Å². The van der Waals surface area contributed by atoms with Crippen molar-refractivity contribution in [1.82, 2.24) is 0 Å². The van der Waals surface area contributed by atoms with E-state index in [2.05, 4.69) is 25.1 Å². The predicted octanol–water partition coefficient (Wildman–Crippen LogP) is 2.44. The second kappa shape index (κ2) is 4.90. The first-order chi connectivity index (χ1) is 8.74. The van der Waals surface area contributed by atoms with Crippen LogP contribution in [-0.2, 0) is 11.2 Å². The molecule has 3 heteroatoms. The standard InChI is InChI=1S/C15H21NO2/c1-10-8-13-9-12(2-3-14(13)18-10)15(16)11-4-6-17-7-5-11/h2-3,9-11,15H,4-8,16H2,1H3. The van der Waals surface area contributed by atoms with Gasteiger partial charge < -0.3 is 15.2 Å². The first kappa shape index (κ1) is 12.0. The van der Waals surface area contributed by atoms with E-state index in [0.717, 1.165) is 38.2 Å². The maximum atomic E-state index is 6.40. The van der Waals surface area contributed by atoms with Crippen molar-refractivity contribution in [2.45, 2.75) is 38.3 Å². The second-order valence-corrected chi connectivity index (χ2v) is 5.48. The number of benzene rings is 1. The summed E-state index contributed by atoms with van der Waals surface area (Å²) in [6.07, 6.45) is 3.45. The maximum Gasteiger partial charge on any atom is 0.123 e. The summed E-state index contributed by atoms with van der Waals surface area (Å²) in [5.41, 5.74) is 8.96. The van der Waals surface area contributed by atoms with Gasteiger partial charge in [0, 0.05) is 25.7 Å². The Morgan fingerprint density at radius 3 is 2.83 bits per heavy atom. The highest BCUT2D eigenvalue weighted by molar-refractivity contribution is 5.41.